The summed E-state index contributed by atoms with van der Waals surface area (Å²) >= 11 is 0. The van der Waals surface area contributed by atoms with Crippen molar-refractivity contribution in [2.45, 2.75) is 50.6 Å². The first kappa shape index (κ1) is 26.7. The van der Waals surface area contributed by atoms with Crippen molar-refractivity contribution < 1.29 is 4.39 Å². The van der Waals surface area contributed by atoms with Crippen LogP contribution in [0.15, 0.2) is 54.9 Å². The van der Waals surface area contributed by atoms with Crippen molar-refractivity contribution in [2.24, 2.45) is 0 Å². The third kappa shape index (κ3) is 5.67. The quantitative estimate of drug-likeness (QED) is 0.303. The number of piperazine rings is 1. The normalized spacial score (nSPS) is 20.6. The van der Waals surface area contributed by atoms with E-state index in [2.05, 4.69) is 44.3 Å². The Hall–Kier alpha value is -3.56. The van der Waals surface area contributed by atoms with E-state index in [1.165, 1.54) is 11.9 Å². The first-order chi connectivity index (χ1) is 19.6. The summed E-state index contributed by atoms with van der Waals surface area (Å²) < 4.78 is 17.2. The smallest absolute Gasteiger partial charge is 0.164 e. The maximum Gasteiger partial charge on any atom is 0.164 e. The summed E-state index contributed by atoms with van der Waals surface area (Å²) in [5.41, 5.74) is 10.2. The van der Waals surface area contributed by atoms with E-state index in [1.807, 2.05) is 28.9 Å². The monoisotopic (exact) mass is 542 g/mol. The van der Waals surface area contributed by atoms with Gasteiger partial charge in [-0.05, 0) is 63.3 Å². The van der Waals surface area contributed by atoms with Crippen LogP contribution in [0.2, 0.25) is 0 Å². The summed E-state index contributed by atoms with van der Waals surface area (Å²) in [5.74, 6) is 0.0731. The number of benzene rings is 2. The van der Waals surface area contributed by atoms with Crippen LogP contribution in [0.4, 0.5) is 15.9 Å². The number of hydrogen-bond acceptors (Lipinski definition) is 7. The lowest BCUT2D eigenvalue weighted by Gasteiger charge is -2.41. The second kappa shape index (κ2) is 11.9. The Bertz CT molecular complexity index is 1420. The van der Waals surface area contributed by atoms with Gasteiger partial charge in [-0.1, -0.05) is 36.4 Å². The van der Waals surface area contributed by atoms with E-state index in [0.29, 0.717) is 40.7 Å². The molecule has 0 spiro atoms. The van der Waals surface area contributed by atoms with E-state index in [1.54, 1.807) is 12.1 Å². The second-order valence-electron chi connectivity index (χ2n) is 11.3. The molecule has 0 radical (unpaired) electrons. The summed E-state index contributed by atoms with van der Waals surface area (Å²) in [4.78, 5) is 13.9. The lowest BCUT2D eigenvalue weighted by Crippen LogP contribution is -2.49. The molecule has 2 aromatic heterocycles. The Morgan fingerprint density at radius 3 is 2.45 bits per heavy atom. The van der Waals surface area contributed by atoms with Crippen LogP contribution in [-0.4, -0.2) is 75.4 Å². The van der Waals surface area contributed by atoms with E-state index >= 15 is 4.39 Å². The molecule has 1 aliphatic heterocycles. The van der Waals surface area contributed by atoms with Crippen molar-refractivity contribution in [2.75, 3.05) is 50.8 Å². The number of nitrogens with two attached hydrogens (primary N) is 1. The average Bonchev–Trinajstić information content (AvgIpc) is 3.38. The van der Waals surface area contributed by atoms with Gasteiger partial charge in [0.1, 0.15) is 23.7 Å². The van der Waals surface area contributed by atoms with Crippen LogP contribution in [0.5, 0.6) is 0 Å². The number of aryl methyl sites for hydroxylation is 1. The third-order valence-electron chi connectivity index (χ3n) is 8.63. The van der Waals surface area contributed by atoms with Crippen molar-refractivity contribution in [1.82, 2.24) is 29.5 Å². The molecule has 2 fully saturated rings. The lowest BCUT2D eigenvalue weighted by molar-refractivity contribution is 0.0815. The van der Waals surface area contributed by atoms with E-state index in [9.17, 15) is 0 Å². The zero-order chi connectivity index (χ0) is 27.5. The molecule has 8 nitrogen and oxygen atoms in total. The summed E-state index contributed by atoms with van der Waals surface area (Å²) in [7, 11) is 2.20. The number of fused-ring (bicyclic) bond motifs is 1. The summed E-state index contributed by atoms with van der Waals surface area (Å²) in [5, 5.41) is 8.94. The van der Waals surface area contributed by atoms with Crippen molar-refractivity contribution in [3.05, 3.63) is 66.2 Å². The summed E-state index contributed by atoms with van der Waals surface area (Å²) in [6, 6.07) is 16.5. The standard InChI is InChI=1S/C31H39FN8/c1-38-16-18-39(19-17-38)24-10-12-25(13-11-24)40-31-28(30(33)35-21-36-31)29(37-40)23-9-14-27(26(32)20-23)34-15-5-8-22-6-3-2-4-7-22/h2-4,6-7,9,14,20-21,24-25,34H,5,8,10-13,15-19H2,1H3,(H2,33,35,36). The Kier molecular flexibility index (Phi) is 7.93. The predicted molar refractivity (Wildman–Crippen MR) is 159 cm³/mol. The molecule has 2 aromatic carbocycles. The fraction of sp³-hybridized carbons (Fsp3) is 0.452. The molecule has 40 heavy (non-hydrogen) atoms. The number of aromatic nitrogens is 4. The second-order valence-corrected chi connectivity index (χ2v) is 11.3. The summed E-state index contributed by atoms with van der Waals surface area (Å²) in [6.45, 7) is 5.27. The Labute approximate surface area is 235 Å². The van der Waals surface area contributed by atoms with Gasteiger partial charge in [0.25, 0.3) is 0 Å². The topological polar surface area (TPSA) is 88.1 Å². The van der Waals surface area contributed by atoms with Crippen LogP contribution < -0.4 is 11.1 Å². The highest BCUT2D eigenvalue weighted by Gasteiger charge is 2.30. The molecule has 3 heterocycles. The van der Waals surface area contributed by atoms with E-state index in [-0.39, 0.29) is 11.9 Å². The minimum Gasteiger partial charge on any atom is -0.383 e. The van der Waals surface area contributed by atoms with E-state index < -0.39 is 0 Å². The van der Waals surface area contributed by atoms with Gasteiger partial charge in [-0.15, -0.1) is 0 Å². The summed E-state index contributed by atoms with van der Waals surface area (Å²) in [6.07, 6.45) is 7.74. The van der Waals surface area contributed by atoms with Crippen molar-refractivity contribution in [3.63, 3.8) is 0 Å². The van der Waals surface area contributed by atoms with E-state index in [4.69, 9.17) is 10.8 Å². The molecule has 6 rings (SSSR count). The minimum absolute atomic E-state index is 0.240. The Morgan fingerprint density at radius 1 is 0.950 bits per heavy atom. The SMILES string of the molecule is CN1CCN(C2CCC(n3nc(-c4ccc(NCCCc5ccccc5)c(F)c4)c4c(N)ncnc43)CC2)CC1. The number of nitrogens with zero attached hydrogens (tertiary/aromatic N) is 6. The van der Waals surface area contributed by atoms with Crippen molar-refractivity contribution >= 4 is 22.5 Å². The van der Waals surface area contributed by atoms with Crippen LogP contribution in [0, 0.1) is 5.82 Å². The molecule has 0 unspecified atom stereocenters. The van der Waals surface area contributed by atoms with Crippen molar-refractivity contribution in [3.8, 4) is 11.3 Å². The zero-order valence-corrected chi connectivity index (χ0v) is 23.3. The van der Waals surface area contributed by atoms with Crippen LogP contribution in [-0.2, 0) is 6.42 Å². The number of halogens is 1. The molecule has 2 aliphatic rings. The van der Waals surface area contributed by atoms with E-state index in [0.717, 1.165) is 70.4 Å². The molecule has 9 heteroatoms. The first-order valence-electron chi connectivity index (χ1n) is 14.6. The highest BCUT2D eigenvalue weighted by molar-refractivity contribution is 5.98. The van der Waals surface area contributed by atoms with Crippen LogP contribution in [0.25, 0.3) is 22.3 Å². The maximum atomic E-state index is 15.2. The predicted octanol–water partition coefficient (Wildman–Crippen LogP) is 4.99. The van der Waals surface area contributed by atoms with Gasteiger partial charge >= 0.3 is 0 Å². The number of nitrogens with one attached hydrogen (secondary N) is 1. The molecule has 4 aromatic rings. The largest absolute Gasteiger partial charge is 0.383 e. The molecule has 3 N–H and O–H groups in total. The number of likely N-dealkylation sites (N-methyl/N-ethyl adjacent to an activating group) is 1. The minimum atomic E-state index is -0.303. The van der Waals surface area contributed by atoms with Gasteiger partial charge < -0.3 is 16.0 Å². The zero-order valence-electron chi connectivity index (χ0n) is 23.3. The first-order valence-corrected chi connectivity index (χ1v) is 14.6. The van der Waals surface area contributed by atoms with Gasteiger partial charge in [-0.2, -0.15) is 5.10 Å². The number of anilines is 2. The number of rotatable bonds is 8. The van der Waals surface area contributed by atoms with Gasteiger partial charge in [0.05, 0.1) is 17.1 Å². The molecule has 0 atom stereocenters. The lowest BCUT2D eigenvalue weighted by atomic mass is 9.90. The number of hydrogen-bond donors (Lipinski definition) is 2. The van der Waals surface area contributed by atoms with Crippen molar-refractivity contribution in [1.29, 1.82) is 0 Å². The molecule has 0 amide bonds. The highest BCUT2D eigenvalue weighted by Crippen LogP contribution is 2.37. The maximum absolute atomic E-state index is 15.2. The van der Waals surface area contributed by atoms with Gasteiger partial charge in [0.15, 0.2) is 5.65 Å². The Balaban J connectivity index is 1.17. The average molecular weight is 543 g/mol. The molecular formula is C31H39FN8. The number of nitrogen functional groups attached to an aromatic ring is 1. The fourth-order valence-electron chi connectivity index (χ4n) is 6.27. The van der Waals surface area contributed by atoms with Gasteiger partial charge in [0.2, 0.25) is 0 Å². The molecule has 1 saturated heterocycles. The Morgan fingerprint density at radius 2 is 1.70 bits per heavy atom. The highest BCUT2D eigenvalue weighted by atomic mass is 19.1. The molecule has 210 valence electrons. The van der Waals surface area contributed by atoms with Crippen LogP contribution >= 0.6 is 0 Å². The molecular weight excluding hydrogens is 503 g/mol. The molecule has 0 bridgehead atoms. The van der Waals surface area contributed by atoms with Gasteiger partial charge in [-0.25, -0.2) is 19.0 Å². The van der Waals surface area contributed by atoms with Gasteiger partial charge in [0, 0.05) is 44.3 Å². The fourth-order valence-corrected chi connectivity index (χ4v) is 6.27. The molecule has 1 saturated carbocycles. The molecule has 1 aliphatic carbocycles. The van der Waals surface area contributed by atoms with Gasteiger partial charge in [-0.3, -0.25) is 4.90 Å². The van der Waals surface area contributed by atoms with Crippen LogP contribution in [0.1, 0.15) is 43.7 Å². The third-order valence-corrected chi connectivity index (χ3v) is 8.63. The van der Waals surface area contributed by atoms with Crippen LogP contribution in [0.3, 0.4) is 0 Å².